The van der Waals surface area contributed by atoms with Crippen LogP contribution < -0.4 is 5.73 Å². The third-order valence-electron chi connectivity index (χ3n) is 3.11. The van der Waals surface area contributed by atoms with Crippen molar-refractivity contribution in [2.45, 2.75) is 38.1 Å². The van der Waals surface area contributed by atoms with Gasteiger partial charge < -0.3 is 5.73 Å². The van der Waals surface area contributed by atoms with Crippen LogP contribution in [0.5, 0.6) is 0 Å². The van der Waals surface area contributed by atoms with Crippen molar-refractivity contribution in [2.24, 2.45) is 5.73 Å². The average Bonchev–Trinajstić information content (AvgIpc) is 2.73. The Kier molecular flexibility index (Phi) is 2.12. The standard InChI is InChI=1S/C10H17N3/c1-9-6-12-13(7-9)10(8-11)4-2-3-5-10/h6-7H,2-5,8,11H2,1H3. The Morgan fingerprint density at radius 1 is 1.54 bits per heavy atom. The fraction of sp³-hybridized carbons (Fsp3) is 0.700. The molecule has 1 aromatic heterocycles. The van der Waals surface area contributed by atoms with Gasteiger partial charge in [0, 0.05) is 12.7 Å². The summed E-state index contributed by atoms with van der Waals surface area (Å²) in [6, 6.07) is 0. The van der Waals surface area contributed by atoms with E-state index >= 15 is 0 Å². The largest absolute Gasteiger partial charge is 0.328 e. The fourth-order valence-corrected chi connectivity index (χ4v) is 2.23. The Balaban J connectivity index is 2.30. The normalized spacial score (nSPS) is 20.8. The number of aryl methyl sites for hydroxylation is 1. The molecule has 0 aromatic carbocycles. The van der Waals surface area contributed by atoms with Crippen molar-refractivity contribution in [3.63, 3.8) is 0 Å². The van der Waals surface area contributed by atoms with Crippen molar-refractivity contribution < 1.29 is 0 Å². The zero-order valence-corrected chi connectivity index (χ0v) is 8.16. The second-order valence-electron chi connectivity index (χ2n) is 4.10. The lowest BCUT2D eigenvalue weighted by molar-refractivity contribution is 0.273. The molecule has 2 rings (SSSR count). The second-order valence-corrected chi connectivity index (χ2v) is 4.10. The number of hydrogen-bond donors (Lipinski definition) is 1. The van der Waals surface area contributed by atoms with Crippen LogP contribution in [-0.2, 0) is 5.54 Å². The van der Waals surface area contributed by atoms with E-state index in [2.05, 4.69) is 22.9 Å². The molecule has 3 heteroatoms. The van der Waals surface area contributed by atoms with Gasteiger partial charge in [0.05, 0.1) is 11.7 Å². The maximum atomic E-state index is 5.85. The van der Waals surface area contributed by atoms with Crippen molar-refractivity contribution in [2.75, 3.05) is 6.54 Å². The van der Waals surface area contributed by atoms with Gasteiger partial charge in [-0.15, -0.1) is 0 Å². The van der Waals surface area contributed by atoms with E-state index in [0.29, 0.717) is 6.54 Å². The monoisotopic (exact) mass is 179 g/mol. The van der Waals surface area contributed by atoms with Crippen LogP contribution in [0.1, 0.15) is 31.2 Å². The molecule has 0 saturated heterocycles. The molecule has 2 N–H and O–H groups in total. The molecule has 0 bridgehead atoms. The molecule has 1 aliphatic rings. The number of aromatic nitrogens is 2. The highest BCUT2D eigenvalue weighted by Crippen LogP contribution is 2.35. The van der Waals surface area contributed by atoms with Crippen LogP contribution in [0.4, 0.5) is 0 Å². The van der Waals surface area contributed by atoms with Crippen LogP contribution in [0.3, 0.4) is 0 Å². The number of nitrogens with zero attached hydrogens (tertiary/aromatic N) is 2. The van der Waals surface area contributed by atoms with Crippen molar-refractivity contribution in [3.05, 3.63) is 18.0 Å². The van der Waals surface area contributed by atoms with E-state index in [9.17, 15) is 0 Å². The van der Waals surface area contributed by atoms with Crippen LogP contribution in [-0.4, -0.2) is 16.3 Å². The van der Waals surface area contributed by atoms with Crippen LogP contribution >= 0.6 is 0 Å². The first-order chi connectivity index (χ1) is 6.27. The first kappa shape index (κ1) is 8.75. The fourth-order valence-electron chi connectivity index (χ4n) is 2.23. The van der Waals surface area contributed by atoms with Gasteiger partial charge in [-0.05, 0) is 25.3 Å². The highest BCUT2D eigenvalue weighted by atomic mass is 15.3. The highest BCUT2D eigenvalue weighted by molar-refractivity contribution is 5.04. The summed E-state index contributed by atoms with van der Waals surface area (Å²) >= 11 is 0. The smallest absolute Gasteiger partial charge is 0.0749 e. The first-order valence-corrected chi connectivity index (χ1v) is 4.99. The minimum Gasteiger partial charge on any atom is -0.328 e. The van der Waals surface area contributed by atoms with E-state index < -0.39 is 0 Å². The van der Waals surface area contributed by atoms with Crippen LogP contribution in [0.15, 0.2) is 12.4 Å². The van der Waals surface area contributed by atoms with Gasteiger partial charge >= 0.3 is 0 Å². The predicted octanol–water partition coefficient (Wildman–Crippen LogP) is 1.42. The molecule has 1 aromatic rings. The summed E-state index contributed by atoms with van der Waals surface area (Å²) in [4.78, 5) is 0. The molecule has 3 nitrogen and oxygen atoms in total. The summed E-state index contributed by atoms with van der Waals surface area (Å²) in [5, 5.41) is 4.38. The lowest BCUT2D eigenvalue weighted by Gasteiger charge is -2.27. The maximum Gasteiger partial charge on any atom is 0.0749 e. The number of hydrogen-bond acceptors (Lipinski definition) is 2. The van der Waals surface area contributed by atoms with Gasteiger partial charge in [-0.1, -0.05) is 12.8 Å². The van der Waals surface area contributed by atoms with Crippen molar-refractivity contribution in [3.8, 4) is 0 Å². The minimum atomic E-state index is 0.133. The summed E-state index contributed by atoms with van der Waals surface area (Å²) in [5.41, 5.74) is 7.20. The zero-order chi connectivity index (χ0) is 9.31. The van der Waals surface area contributed by atoms with E-state index in [4.69, 9.17) is 5.73 Å². The molecule has 13 heavy (non-hydrogen) atoms. The van der Waals surface area contributed by atoms with Crippen molar-refractivity contribution in [1.29, 1.82) is 0 Å². The van der Waals surface area contributed by atoms with Gasteiger partial charge in [0.15, 0.2) is 0 Å². The van der Waals surface area contributed by atoms with Gasteiger partial charge in [-0.2, -0.15) is 5.10 Å². The highest BCUT2D eigenvalue weighted by Gasteiger charge is 2.34. The summed E-state index contributed by atoms with van der Waals surface area (Å²) in [6.07, 6.45) is 8.97. The lowest BCUT2D eigenvalue weighted by atomic mass is 9.98. The van der Waals surface area contributed by atoms with Crippen LogP contribution in [0.25, 0.3) is 0 Å². The molecule has 1 aliphatic carbocycles. The van der Waals surface area contributed by atoms with E-state index in [0.717, 1.165) is 0 Å². The van der Waals surface area contributed by atoms with E-state index in [-0.39, 0.29) is 5.54 Å². The third kappa shape index (κ3) is 1.37. The molecular weight excluding hydrogens is 162 g/mol. The molecule has 0 spiro atoms. The SMILES string of the molecule is Cc1cnn(C2(CN)CCCC2)c1. The Hall–Kier alpha value is -0.830. The Morgan fingerprint density at radius 3 is 2.69 bits per heavy atom. The average molecular weight is 179 g/mol. The molecule has 0 atom stereocenters. The summed E-state index contributed by atoms with van der Waals surface area (Å²) in [6.45, 7) is 2.79. The molecular formula is C10H17N3. The van der Waals surface area contributed by atoms with Gasteiger partial charge in [0.25, 0.3) is 0 Å². The molecule has 1 fully saturated rings. The molecule has 0 radical (unpaired) electrons. The minimum absolute atomic E-state index is 0.133. The second kappa shape index (κ2) is 3.14. The van der Waals surface area contributed by atoms with Gasteiger partial charge in [-0.25, -0.2) is 0 Å². The van der Waals surface area contributed by atoms with Gasteiger partial charge in [0.2, 0.25) is 0 Å². The summed E-state index contributed by atoms with van der Waals surface area (Å²) in [5.74, 6) is 0. The summed E-state index contributed by atoms with van der Waals surface area (Å²) in [7, 11) is 0. The Labute approximate surface area is 78.9 Å². The molecule has 0 amide bonds. The number of rotatable bonds is 2. The quantitative estimate of drug-likeness (QED) is 0.746. The molecule has 1 heterocycles. The van der Waals surface area contributed by atoms with Crippen LogP contribution in [0, 0.1) is 6.92 Å². The number of nitrogens with two attached hydrogens (primary N) is 1. The molecule has 72 valence electrons. The predicted molar refractivity (Wildman–Crippen MR) is 52.5 cm³/mol. The Bertz CT molecular complexity index is 284. The van der Waals surface area contributed by atoms with Crippen LogP contribution in [0.2, 0.25) is 0 Å². The molecule has 0 unspecified atom stereocenters. The summed E-state index contributed by atoms with van der Waals surface area (Å²) < 4.78 is 2.08. The van der Waals surface area contributed by atoms with E-state index in [1.165, 1.54) is 31.2 Å². The maximum absolute atomic E-state index is 5.85. The Morgan fingerprint density at radius 2 is 2.23 bits per heavy atom. The zero-order valence-electron chi connectivity index (χ0n) is 8.16. The first-order valence-electron chi connectivity index (χ1n) is 4.99. The third-order valence-corrected chi connectivity index (χ3v) is 3.11. The topological polar surface area (TPSA) is 43.8 Å². The van der Waals surface area contributed by atoms with Gasteiger partial charge in [-0.3, -0.25) is 4.68 Å². The van der Waals surface area contributed by atoms with Crippen molar-refractivity contribution in [1.82, 2.24) is 9.78 Å². The van der Waals surface area contributed by atoms with E-state index in [1.807, 2.05) is 6.20 Å². The molecule has 0 aliphatic heterocycles. The van der Waals surface area contributed by atoms with Gasteiger partial charge in [0.1, 0.15) is 0 Å². The van der Waals surface area contributed by atoms with Crippen molar-refractivity contribution >= 4 is 0 Å². The molecule has 1 saturated carbocycles. The van der Waals surface area contributed by atoms with E-state index in [1.54, 1.807) is 0 Å². The lowest BCUT2D eigenvalue weighted by Crippen LogP contribution is -2.38.